The first-order valence-corrected chi connectivity index (χ1v) is 11.3. The number of ether oxygens (including phenoxy) is 1. The van der Waals surface area contributed by atoms with Crippen molar-refractivity contribution in [3.63, 3.8) is 0 Å². The molecule has 36 heavy (non-hydrogen) atoms. The molecule has 0 unspecified atom stereocenters. The maximum absolute atomic E-state index is 13.1. The number of nitrogens with zero attached hydrogens (tertiary/aromatic N) is 4. The molecule has 2 aromatic heterocycles. The number of alkyl halides is 3. The van der Waals surface area contributed by atoms with Crippen molar-refractivity contribution in [2.24, 2.45) is 5.92 Å². The van der Waals surface area contributed by atoms with Gasteiger partial charge in [-0.15, -0.1) is 13.2 Å². The van der Waals surface area contributed by atoms with Crippen molar-refractivity contribution in [1.29, 1.82) is 0 Å². The van der Waals surface area contributed by atoms with Gasteiger partial charge in [-0.3, -0.25) is 9.36 Å². The molecule has 192 valence electrons. The Balaban J connectivity index is 1.52. The summed E-state index contributed by atoms with van der Waals surface area (Å²) in [7, 11) is 2.02. The van der Waals surface area contributed by atoms with Crippen molar-refractivity contribution < 1.29 is 27.8 Å². The lowest BCUT2D eigenvalue weighted by molar-refractivity contribution is -0.274. The van der Waals surface area contributed by atoms with Crippen LogP contribution in [0.2, 0.25) is 0 Å². The number of aromatic hydroxyl groups is 1. The van der Waals surface area contributed by atoms with Crippen molar-refractivity contribution >= 4 is 11.7 Å². The highest BCUT2D eigenvalue weighted by molar-refractivity contribution is 5.91. The second-order valence-electron chi connectivity index (χ2n) is 8.77. The minimum Gasteiger partial charge on any atom is -0.493 e. The molecule has 9 nitrogen and oxygen atoms in total. The number of pyridine rings is 1. The van der Waals surface area contributed by atoms with Crippen molar-refractivity contribution in [3.05, 3.63) is 64.3 Å². The van der Waals surface area contributed by atoms with Gasteiger partial charge in [0.25, 0.3) is 0 Å². The molecule has 1 aromatic carbocycles. The van der Waals surface area contributed by atoms with Gasteiger partial charge in [-0.1, -0.05) is 0 Å². The van der Waals surface area contributed by atoms with E-state index in [2.05, 4.69) is 19.9 Å². The Labute approximate surface area is 204 Å². The minimum absolute atomic E-state index is 0.0834. The number of rotatable bonds is 6. The number of anilines is 1. The fraction of sp³-hybridized carbons (Fsp3) is 0.375. The molecule has 12 heteroatoms. The van der Waals surface area contributed by atoms with Crippen molar-refractivity contribution in [1.82, 2.24) is 19.0 Å². The van der Waals surface area contributed by atoms with Crippen LogP contribution in [0.15, 0.2) is 47.4 Å². The van der Waals surface area contributed by atoms with E-state index in [9.17, 15) is 27.9 Å². The Kier molecular flexibility index (Phi) is 7.07. The normalized spacial score (nSPS) is 15.1. The predicted molar refractivity (Wildman–Crippen MR) is 125 cm³/mol. The van der Waals surface area contributed by atoms with E-state index in [1.165, 1.54) is 22.9 Å². The fourth-order valence-electron chi connectivity index (χ4n) is 4.18. The monoisotopic (exact) mass is 505 g/mol. The van der Waals surface area contributed by atoms with Gasteiger partial charge in [-0.05, 0) is 81.9 Å². The molecule has 1 saturated heterocycles. The molecular weight excluding hydrogens is 479 g/mol. The summed E-state index contributed by atoms with van der Waals surface area (Å²) in [5.41, 5.74) is 0.530. The van der Waals surface area contributed by atoms with Gasteiger partial charge in [-0.25, -0.2) is 14.3 Å². The minimum atomic E-state index is -4.84. The molecule has 4 rings (SSSR count). The maximum atomic E-state index is 13.1. The lowest BCUT2D eigenvalue weighted by Crippen LogP contribution is -2.36. The van der Waals surface area contributed by atoms with Gasteiger partial charge >= 0.3 is 12.1 Å². The Hall–Kier alpha value is -3.80. The van der Waals surface area contributed by atoms with Crippen molar-refractivity contribution in [2.45, 2.75) is 32.7 Å². The number of hydrogen-bond donors (Lipinski definition) is 2. The van der Waals surface area contributed by atoms with Gasteiger partial charge in [0.1, 0.15) is 11.6 Å². The van der Waals surface area contributed by atoms with E-state index in [-0.39, 0.29) is 35.6 Å². The van der Waals surface area contributed by atoms with Crippen molar-refractivity contribution in [2.75, 3.05) is 25.5 Å². The molecule has 1 amide bonds. The van der Waals surface area contributed by atoms with Crippen LogP contribution in [0.4, 0.5) is 19.0 Å². The van der Waals surface area contributed by atoms with E-state index in [4.69, 9.17) is 0 Å². The highest BCUT2D eigenvalue weighted by atomic mass is 19.4. The largest absolute Gasteiger partial charge is 0.573 e. The van der Waals surface area contributed by atoms with Crippen LogP contribution in [0.25, 0.3) is 5.69 Å². The summed E-state index contributed by atoms with van der Waals surface area (Å²) in [6.45, 7) is 3.34. The molecule has 3 aromatic rings. The number of piperidine rings is 1. The number of hydrogen-bond acceptors (Lipinski definition) is 6. The third kappa shape index (κ3) is 5.70. The lowest BCUT2D eigenvalue weighted by atomic mass is 9.96. The second kappa shape index (κ2) is 10.1. The summed E-state index contributed by atoms with van der Waals surface area (Å²) < 4.78 is 43.4. The number of carbonyl (C=O) groups excluding carboxylic acids is 1. The molecule has 1 aliphatic heterocycles. The van der Waals surface area contributed by atoms with E-state index < -0.39 is 17.8 Å². The standard InChI is InChI=1S/C24H26F3N5O4/c1-15-22(34)32(18-3-5-19(6-4-18)36-24(25,26)27)23(35)31(15)14-16-7-10-28-20(13-16)29-21(33)17-8-11-30(2)12-9-17/h3-7,10,13,17,34H,8-9,11-12,14H2,1-2H3,(H,28,29,33). The highest BCUT2D eigenvalue weighted by Crippen LogP contribution is 2.26. The highest BCUT2D eigenvalue weighted by Gasteiger charge is 2.31. The summed E-state index contributed by atoms with van der Waals surface area (Å²) in [5, 5.41) is 13.4. The Morgan fingerprint density at radius 2 is 1.86 bits per heavy atom. The first-order valence-electron chi connectivity index (χ1n) is 11.3. The van der Waals surface area contributed by atoms with Crippen LogP contribution in [-0.2, 0) is 11.3 Å². The smallest absolute Gasteiger partial charge is 0.493 e. The number of halogens is 3. The predicted octanol–water partition coefficient (Wildman–Crippen LogP) is 3.28. The number of aromatic nitrogens is 3. The van der Waals surface area contributed by atoms with E-state index in [1.54, 1.807) is 19.1 Å². The Bertz CT molecular complexity index is 1290. The van der Waals surface area contributed by atoms with Crippen LogP contribution in [0.5, 0.6) is 11.6 Å². The first kappa shape index (κ1) is 25.3. The molecular formula is C24H26F3N5O4. The van der Waals surface area contributed by atoms with E-state index in [1.807, 2.05) is 7.05 Å². The zero-order chi connectivity index (χ0) is 26.0. The Morgan fingerprint density at radius 3 is 2.50 bits per heavy atom. The van der Waals surface area contributed by atoms with E-state index in [0.717, 1.165) is 42.6 Å². The first-order chi connectivity index (χ1) is 17.0. The van der Waals surface area contributed by atoms with Gasteiger partial charge in [0.05, 0.1) is 17.9 Å². The molecule has 3 heterocycles. The summed E-state index contributed by atoms with van der Waals surface area (Å²) >= 11 is 0. The average Bonchev–Trinajstić information content (AvgIpc) is 3.02. The number of nitrogens with one attached hydrogen (secondary N) is 1. The van der Waals surface area contributed by atoms with Gasteiger partial charge < -0.3 is 20.1 Å². The molecule has 0 bridgehead atoms. The summed E-state index contributed by atoms with van der Waals surface area (Å²) in [6.07, 6.45) is -1.77. The average molecular weight is 505 g/mol. The van der Waals surface area contributed by atoms with Crippen LogP contribution < -0.4 is 15.7 Å². The molecule has 0 aliphatic carbocycles. The maximum Gasteiger partial charge on any atom is 0.573 e. The molecule has 2 N–H and O–H groups in total. The molecule has 1 aliphatic rings. The number of carbonyl (C=O) groups is 1. The number of imidazole rings is 1. The van der Waals surface area contributed by atoms with Gasteiger partial charge in [0.15, 0.2) is 0 Å². The quantitative estimate of drug-likeness (QED) is 0.533. The molecule has 0 atom stereocenters. The Morgan fingerprint density at radius 1 is 1.19 bits per heavy atom. The van der Waals surface area contributed by atoms with Crippen molar-refractivity contribution in [3.8, 4) is 17.3 Å². The van der Waals surface area contributed by atoms with E-state index >= 15 is 0 Å². The zero-order valence-electron chi connectivity index (χ0n) is 19.7. The van der Waals surface area contributed by atoms with E-state index in [0.29, 0.717) is 11.4 Å². The molecule has 0 radical (unpaired) electrons. The molecule has 0 saturated carbocycles. The van der Waals surface area contributed by atoms with Crippen LogP contribution in [-0.4, -0.2) is 56.5 Å². The van der Waals surface area contributed by atoms with Crippen LogP contribution in [0, 0.1) is 12.8 Å². The number of likely N-dealkylation sites (tertiary alicyclic amines) is 1. The second-order valence-corrected chi connectivity index (χ2v) is 8.77. The van der Waals surface area contributed by atoms with Gasteiger partial charge in [-0.2, -0.15) is 0 Å². The summed E-state index contributed by atoms with van der Waals surface area (Å²) in [6, 6.07) is 7.96. The zero-order valence-corrected chi connectivity index (χ0v) is 19.7. The van der Waals surface area contributed by atoms with Crippen LogP contribution >= 0.6 is 0 Å². The molecule has 0 spiro atoms. The van der Waals surface area contributed by atoms with Gasteiger partial charge in [0.2, 0.25) is 11.8 Å². The summed E-state index contributed by atoms with van der Waals surface area (Å²) in [4.78, 5) is 32.1. The summed E-state index contributed by atoms with van der Waals surface area (Å²) in [5.74, 6) is -0.597. The topological polar surface area (TPSA) is 102 Å². The van der Waals surface area contributed by atoms with Crippen LogP contribution in [0.1, 0.15) is 24.1 Å². The third-order valence-corrected chi connectivity index (χ3v) is 6.20. The number of amides is 1. The lowest BCUT2D eigenvalue weighted by Gasteiger charge is -2.27. The molecule has 1 fully saturated rings. The van der Waals surface area contributed by atoms with Crippen LogP contribution in [0.3, 0.4) is 0 Å². The van der Waals surface area contributed by atoms with Gasteiger partial charge in [0, 0.05) is 12.1 Å². The fourth-order valence-corrected chi connectivity index (χ4v) is 4.18. The number of benzene rings is 1. The third-order valence-electron chi connectivity index (χ3n) is 6.20. The SMILES string of the molecule is Cc1c(O)n(-c2ccc(OC(F)(F)F)cc2)c(=O)n1Cc1ccnc(NC(=O)C2CCN(C)CC2)c1.